The molecule has 0 saturated carbocycles. The molecular weight excluding hydrogens is 228 g/mol. The molecule has 1 saturated heterocycles. The molecule has 18 heavy (non-hydrogen) atoms. The molecule has 2 aliphatic heterocycles. The van der Waals surface area contributed by atoms with Crippen LogP contribution in [0.2, 0.25) is 0 Å². The molecule has 96 valence electrons. The van der Waals surface area contributed by atoms with Crippen LogP contribution in [-0.4, -0.2) is 41.1 Å². The van der Waals surface area contributed by atoms with Gasteiger partial charge in [-0.25, -0.2) is 0 Å². The predicted molar refractivity (Wildman–Crippen MR) is 69.3 cm³/mol. The summed E-state index contributed by atoms with van der Waals surface area (Å²) < 4.78 is 0. The quantitative estimate of drug-likeness (QED) is 0.773. The van der Waals surface area contributed by atoms with Crippen molar-refractivity contribution in [3.8, 4) is 0 Å². The summed E-state index contributed by atoms with van der Waals surface area (Å²) in [5, 5.41) is 13.0. The van der Waals surface area contributed by atoms with E-state index in [4.69, 9.17) is 0 Å². The Morgan fingerprint density at radius 3 is 2.89 bits per heavy atom. The van der Waals surface area contributed by atoms with Crippen molar-refractivity contribution in [3.63, 3.8) is 0 Å². The van der Waals surface area contributed by atoms with Crippen molar-refractivity contribution in [2.75, 3.05) is 25.0 Å². The maximum Gasteiger partial charge on any atom is 0.228 e. The van der Waals surface area contributed by atoms with E-state index in [0.29, 0.717) is 19.6 Å². The van der Waals surface area contributed by atoms with Gasteiger partial charge in [0.25, 0.3) is 0 Å². The molecule has 2 aliphatic rings. The zero-order chi connectivity index (χ0) is 12.8. The van der Waals surface area contributed by atoms with Crippen LogP contribution in [0.3, 0.4) is 0 Å². The molecular formula is C14H18N2O2. The largest absolute Gasteiger partial charge is 0.386 e. The first-order valence-electron chi connectivity index (χ1n) is 6.38. The molecule has 1 aromatic rings. The number of anilines is 1. The molecule has 2 N–H and O–H groups in total. The summed E-state index contributed by atoms with van der Waals surface area (Å²) in [6.07, 6.45) is 0.792. The minimum Gasteiger partial charge on any atom is -0.386 e. The normalized spacial score (nSPS) is 24.8. The molecule has 0 spiro atoms. The summed E-state index contributed by atoms with van der Waals surface area (Å²) in [5.41, 5.74) is 1.65. The van der Waals surface area contributed by atoms with E-state index >= 15 is 0 Å². The fourth-order valence-electron chi connectivity index (χ4n) is 2.81. The van der Waals surface area contributed by atoms with Crippen LogP contribution in [0, 0.1) is 5.92 Å². The number of hydrogen-bond acceptors (Lipinski definition) is 3. The van der Waals surface area contributed by atoms with E-state index in [1.165, 1.54) is 5.56 Å². The number of amides is 1. The van der Waals surface area contributed by atoms with E-state index in [0.717, 1.165) is 12.1 Å². The highest BCUT2D eigenvalue weighted by atomic mass is 16.3. The van der Waals surface area contributed by atoms with E-state index in [-0.39, 0.29) is 11.8 Å². The summed E-state index contributed by atoms with van der Waals surface area (Å²) in [4.78, 5) is 14.0. The molecule has 1 fully saturated rings. The molecule has 2 heterocycles. The van der Waals surface area contributed by atoms with Crippen LogP contribution < -0.4 is 5.32 Å². The van der Waals surface area contributed by atoms with Gasteiger partial charge in [0.05, 0.1) is 24.6 Å². The number of carbonyl (C=O) groups is 1. The Bertz CT molecular complexity index is 476. The highest BCUT2D eigenvalue weighted by Crippen LogP contribution is 2.28. The minimum atomic E-state index is -0.685. The number of aliphatic hydroxyl groups is 1. The maximum absolute atomic E-state index is 12.3. The molecule has 0 radical (unpaired) electrons. The number of carbonyl (C=O) groups excluding carboxylic acids is 1. The van der Waals surface area contributed by atoms with Gasteiger partial charge in [-0.15, -0.1) is 0 Å². The van der Waals surface area contributed by atoms with Crippen molar-refractivity contribution in [2.24, 2.45) is 5.92 Å². The number of benzene rings is 1. The molecule has 1 aromatic carbocycles. The standard InChI is InChI=1S/C14H18N2O2/c1-14(18)8-16(9-14)13(17)11-6-10-4-2-3-5-12(10)15-7-11/h2-5,11,15,18H,6-9H2,1H3. The Kier molecular flexibility index (Phi) is 2.55. The van der Waals surface area contributed by atoms with Gasteiger partial charge in [-0.1, -0.05) is 18.2 Å². The SMILES string of the molecule is CC1(O)CN(C(=O)C2CNc3ccccc3C2)C1. The van der Waals surface area contributed by atoms with Crippen LogP contribution in [0.15, 0.2) is 24.3 Å². The fourth-order valence-corrected chi connectivity index (χ4v) is 2.81. The van der Waals surface area contributed by atoms with Gasteiger partial charge in [-0.3, -0.25) is 4.79 Å². The minimum absolute atomic E-state index is 0.00370. The number of likely N-dealkylation sites (tertiary alicyclic amines) is 1. The summed E-state index contributed by atoms with van der Waals surface area (Å²) in [6.45, 7) is 3.38. The average Bonchev–Trinajstić information content (AvgIpc) is 2.34. The lowest BCUT2D eigenvalue weighted by molar-refractivity contribution is -0.156. The van der Waals surface area contributed by atoms with Crippen LogP contribution >= 0.6 is 0 Å². The van der Waals surface area contributed by atoms with E-state index in [2.05, 4.69) is 11.4 Å². The Morgan fingerprint density at radius 1 is 1.44 bits per heavy atom. The molecule has 4 nitrogen and oxygen atoms in total. The Balaban J connectivity index is 1.68. The van der Waals surface area contributed by atoms with Gasteiger partial charge < -0.3 is 15.3 Å². The van der Waals surface area contributed by atoms with Crippen molar-refractivity contribution >= 4 is 11.6 Å². The summed E-state index contributed by atoms with van der Waals surface area (Å²) >= 11 is 0. The zero-order valence-corrected chi connectivity index (χ0v) is 10.5. The van der Waals surface area contributed by atoms with Crippen LogP contribution in [0.25, 0.3) is 0 Å². The van der Waals surface area contributed by atoms with Gasteiger partial charge in [0.15, 0.2) is 0 Å². The topological polar surface area (TPSA) is 52.6 Å². The molecule has 1 unspecified atom stereocenters. The van der Waals surface area contributed by atoms with Crippen molar-refractivity contribution in [2.45, 2.75) is 18.9 Å². The lowest BCUT2D eigenvalue weighted by Crippen LogP contribution is -2.63. The maximum atomic E-state index is 12.3. The molecule has 0 bridgehead atoms. The van der Waals surface area contributed by atoms with Crippen LogP contribution in [0.1, 0.15) is 12.5 Å². The van der Waals surface area contributed by atoms with Gasteiger partial charge in [-0.2, -0.15) is 0 Å². The number of nitrogens with zero attached hydrogens (tertiary/aromatic N) is 1. The van der Waals surface area contributed by atoms with Crippen LogP contribution in [0.5, 0.6) is 0 Å². The summed E-state index contributed by atoms with van der Waals surface area (Å²) in [5.74, 6) is 0.152. The third kappa shape index (κ3) is 1.97. The molecule has 3 rings (SSSR count). The molecule has 0 aromatic heterocycles. The van der Waals surface area contributed by atoms with Crippen molar-refractivity contribution < 1.29 is 9.90 Å². The Hall–Kier alpha value is -1.55. The van der Waals surface area contributed by atoms with Gasteiger partial charge in [0.2, 0.25) is 5.91 Å². The van der Waals surface area contributed by atoms with Gasteiger partial charge in [-0.05, 0) is 25.0 Å². The lowest BCUT2D eigenvalue weighted by atomic mass is 9.89. The van der Waals surface area contributed by atoms with E-state index in [9.17, 15) is 9.90 Å². The fraction of sp³-hybridized carbons (Fsp3) is 0.500. The van der Waals surface area contributed by atoms with E-state index in [1.54, 1.807) is 11.8 Å². The second-order valence-electron chi connectivity index (χ2n) is 5.63. The molecule has 1 atom stereocenters. The smallest absolute Gasteiger partial charge is 0.228 e. The molecule has 1 amide bonds. The first-order chi connectivity index (χ1) is 8.55. The van der Waals surface area contributed by atoms with E-state index in [1.807, 2.05) is 18.2 Å². The number of para-hydroxylation sites is 1. The van der Waals surface area contributed by atoms with Crippen molar-refractivity contribution in [3.05, 3.63) is 29.8 Å². The number of hydrogen-bond donors (Lipinski definition) is 2. The number of nitrogens with one attached hydrogen (secondary N) is 1. The first kappa shape index (κ1) is 11.5. The van der Waals surface area contributed by atoms with Crippen LogP contribution in [-0.2, 0) is 11.2 Å². The first-order valence-corrected chi connectivity index (χ1v) is 6.38. The Morgan fingerprint density at radius 2 is 2.17 bits per heavy atom. The number of β-amino-alcohol motifs (C(OH)–C–C–N with tert-alkyl or cyclic N) is 1. The number of fused-ring (bicyclic) bond motifs is 1. The third-order valence-electron chi connectivity index (χ3n) is 3.75. The highest BCUT2D eigenvalue weighted by molar-refractivity contribution is 5.82. The van der Waals surface area contributed by atoms with Gasteiger partial charge in [0, 0.05) is 12.2 Å². The highest BCUT2D eigenvalue weighted by Gasteiger charge is 2.41. The summed E-state index contributed by atoms with van der Waals surface area (Å²) in [6, 6.07) is 8.11. The third-order valence-corrected chi connectivity index (χ3v) is 3.75. The predicted octanol–water partition coefficient (Wildman–Crippen LogP) is 0.864. The monoisotopic (exact) mass is 246 g/mol. The lowest BCUT2D eigenvalue weighted by Gasteiger charge is -2.46. The van der Waals surface area contributed by atoms with E-state index < -0.39 is 5.60 Å². The second-order valence-corrected chi connectivity index (χ2v) is 5.63. The van der Waals surface area contributed by atoms with Gasteiger partial charge >= 0.3 is 0 Å². The molecule has 4 heteroatoms. The van der Waals surface area contributed by atoms with Crippen molar-refractivity contribution in [1.82, 2.24) is 4.90 Å². The molecule has 0 aliphatic carbocycles. The van der Waals surface area contributed by atoms with Crippen molar-refractivity contribution in [1.29, 1.82) is 0 Å². The Labute approximate surface area is 107 Å². The summed E-state index contributed by atoms with van der Waals surface area (Å²) in [7, 11) is 0. The van der Waals surface area contributed by atoms with Gasteiger partial charge in [0.1, 0.15) is 0 Å². The zero-order valence-electron chi connectivity index (χ0n) is 10.5. The second kappa shape index (κ2) is 3.99. The average molecular weight is 246 g/mol. The number of rotatable bonds is 1. The van der Waals surface area contributed by atoms with Crippen LogP contribution in [0.4, 0.5) is 5.69 Å².